The number of hydrogen-bond donors (Lipinski definition) is 1. The minimum atomic E-state index is -0.659. The molecule has 0 aliphatic carbocycles. The molecular weight excluding hydrogens is 443 g/mol. The molecule has 7 nitrogen and oxygen atoms in total. The lowest BCUT2D eigenvalue weighted by atomic mass is 10.2. The molecule has 9 heteroatoms. The zero-order valence-electron chi connectivity index (χ0n) is 18.0. The Bertz CT molecular complexity index is 1250. The summed E-state index contributed by atoms with van der Waals surface area (Å²) >= 11 is 0.766. The number of benzene rings is 2. The number of anilines is 2. The van der Waals surface area contributed by atoms with Crippen molar-refractivity contribution in [3.63, 3.8) is 0 Å². The van der Waals surface area contributed by atoms with Crippen LogP contribution in [0.3, 0.4) is 0 Å². The van der Waals surface area contributed by atoms with E-state index in [4.69, 9.17) is 0 Å². The highest BCUT2D eigenvalue weighted by molar-refractivity contribution is 8.18. The second kappa shape index (κ2) is 9.33. The van der Waals surface area contributed by atoms with Gasteiger partial charge in [0.05, 0.1) is 10.6 Å². The first-order valence-electron chi connectivity index (χ1n) is 10.1. The van der Waals surface area contributed by atoms with Gasteiger partial charge < -0.3 is 14.8 Å². The molecule has 3 aromatic rings. The summed E-state index contributed by atoms with van der Waals surface area (Å²) < 4.78 is 15.7. The predicted molar refractivity (Wildman–Crippen MR) is 128 cm³/mol. The number of carbonyl (C=O) groups excluding carboxylic acids is 3. The number of rotatable bonds is 6. The highest BCUT2D eigenvalue weighted by Crippen LogP contribution is 2.32. The van der Waals surface area contributed by atoms with Gasteiger partial charge in [-0.1, -0.05) is 12.1 Å². The van der Waals surface area contributed by atoms with Crippen LogP contribution >= 0.6 is 11.8 Å². The van der Waals surface area contributed by atoms with E-state index in [-0.39, 0.29) is 10.6 Å². The van der Waals surface area contributed by atoms with Crippen LogP contribution in [-0.2, 0) is 9.59 Å². The third-order valence-corrected chi connectivity index (χ3v) is 5.93. The molecule has 0 spiro atoms. The van der Waals surface area contributed by atoms with Crippen molar-refractivity contribution in [2.45, 2.75) is 0 Å². The Morgan fingerprint density at radius 1 is 1.06 bits per heavy atom. The van der Waals surface area contributed by atoms with Gasteiger partial charge >= 0.3 is 0 Å². The molecule has 2 heterocycles. The number of hydrogen-bond acceptors (Lipinski definition) is 5. The molecule has 1 saturated heterocycles. The fourth-order valence-electron chi connectivity index (χ4n) is 3.32. The number of nitrogens with zero attached hydrogens (tertiary/aromatic N) is 3. The van der Waals surface area contributed by atoms with Crippen LogP contribution in [-0.4, -0.2) is 47.2 Å². The van der Waals surface area contributed by atoms with Crippen molar-refractivity contribution in [3.05, 3.63) is 83.3 Å². The van der Waals surface area contributed by atoms with Crippen molar-refractivity contribution in [1.82, 2.24) is 9.47 Å². The van der Waals surface area contributed by atoms with E-state index in [1.54, 1.807) is 12.1 Å². The maximum Gasteiger partial charge on any atom is 0.294 e. The van der Waals surface area contributed by atoms with Crippen molar-refractivity contribution in [1.29, 1.82) is 0 Å². The highest BCUT2D eigenvalue weighted by atomic mass is 32.2. The lowest BCUT2D eigenvalue weighted by molar-refractivity contribution is -0.127. The molecule has 0 saturated carbocycles. The molecule has 0 unspecified atom stereocenters. The van der Waals surface area contributed by atoms with Gasteiger partial charge in [0.25, 0.3) is 11.1 Å². The standard InChI is InChI=1S/C24H21FN4O3S/c1-27(2)16-9-11-17(12-10-16)28-13-5-6-18(28)14-21-23(31)29(24(32)33-21)15-22(30)26-20-8-4-3-7-19(20)25/h3-14H,15H2,1-2H3,(H,26,30)/b21-14-. The molecule has 1 fully saturated rings. The number of carbonyl (C=O) groups is 3. The SMILES string of the molecule is CN(C)c1ccc(-n2cccc2/C=C2\SC(=O)N(CC(=O)Nc3ccccc3F)C2=O)cc1. The van der Waals surface area contributed by atoms with E-state index in [0.29, 0.717) is 5.69 Å². The van der Waals surface area contributed by atoms with Gasteiger partial charge in [-0.2, -0.15) is 0 Å². The minimum absolute atomic E-state index is 0.0110. The van der Waals surface area contributed by atoms with E-state index in [2.05, 4.69) is 5.32 Å². The van der Waals surface area contributed by atoms with Crippen LogP contribution in [0.1, 0.15) is 5.69 Å². The van der Waals surface area contributed by atoms with Crippen LogP contribution in [0.4, 0.5) is 20.6 Å². The largest absolute Gasteiger partial charge is 0.378 e. The summed E-state index contributed by atoms with van der Waals surface area (Å²) in [4.78, 5) is 40.6. The van der Waals surface area contributed by atoms with Gasteiger partial charge in [0, 0.05) is 37.4 Å². The molecule has 168 valence electrons. The van der Waals surface area contributed by atoms with Gasteiger partial charge in [-0.25, -0.2) is 4.39 Å². The number of imide groups is 1. The topological polar surface area (TPSA) is 74.7 Å². The average molecular weight is 465 g/mol. The van der Waals surface area contributed by atoms with Crippen LogP contribution in [0.2, 0.25) is 0 Å². The normalized spacial score (nSPS) is 14.8. The fourth-order valence-corrected chi connectivity index (χ4v) is 4.15. The van der Waals surface area contributed by atoms with Gasteiger partial charge in [-0.05, 0) is 66.4 Å². The second-order valence-electron chi connectivity index (χ2n) is 7.51. The molecule has 1 aromatic heterocycles. The predicted octanol–water partition coefficient (Wildman–Crippen LogP) is 4.36. The molecule has 1 aliphatic heterocycles. The van der Waals surface area contributed by atoms with Crippen LogP contribution < -0.4 is 10.2 Å². The summed E-state index contributed by atoms with van der Waals surface area (Å²) in [5.41, 5.74) is 2.67. The van der Waals surface area contributed by atoms with Crippen molar-refractivity contribution >= 4 is 46.3 Å². The number of aromatic nitrogens is 1. The minimum Gasteiger partial charge on any atom is -0.378 e. The van der Waals surface area contributed by atoms with Crippen LogP contribution in [0.5, 0.6) is 0 Å². The summed E-state index contributed by atoms with van der Waals surface area (Å²) in [6, 6.07) is 17.3. The summed E-state index contributed by atoms with van der Waals surface area (Å²) in [6.45, 7) is -0.497. The van der Waals surface area contributed by atoms with Gasteiger partial charge in [0.1, 0.15) is 12.4 Å². The van der Waals surface area contributed by atoms with E-state index in [0.717, 1.165) is 28.0 Å². The van der Waals surface area contributed by atoms with Crippen molar-refractivity contribution in [2.75, 3.05) is 30.9 Å². The first kappa shape index (κ1) is 22.3. The van der Waals surface area contributed by atoms with Crippen molar-refractivity contribution in [3.8, 4) is 5.69 Å². The summed E-state index contributed by atoms with van der Waals surface area (Å²) in [5.74, 6) is -1.82. The number of para-hydroxylation sites is 1. The van der Waals surface area contributed by atoms with E-state index >= 15 is 0 Å². The maximum atomic E-state index is 13.7. The molecule has 2 aromatic carbocycles. The highest BCUT2D eigenvalue weighted by Gasteiger charge is 2.36. The maximum absolute atomic E-state index is 13.7. The molecule has 0 bridgehead atoms. The lowest BCUT2D eigenvalue weighted by Gasteiger charge is -2.14. The Kier molecular flexibility index (Phi) is 6.32. The fraction of sp³-hybridized carbons (Fsp3) is 0.125. The van der Waals surface area contributed by atoms with E-state index in [9.17, 15) is 18.8 Å². The smallest absolute Gasteiger partial charge is 0.294 e. The molecular formula is C24H21FN4O3S. The number of nitrogens with one attached hydrogen (secondary N) is 1. The third kappa shape index (κ3) is 4.83. The van der Waals surface area contributed by atoms with Gasteiger partial charge in [0.15, 0.2) is 0 Å². The van der Waals surface area contributed by atoms with E-state index < -0.39 is 29.4 Å². The van der Waals surface area contributed by atoms with E-state index in [1.807, 2.05) is 66.2 Å². The number of amides is 3. The molecule has 3 amide bonds. The average Bonchev–Trinajstić information content (AvgIpc) is 3.35. The number of halogens is 1. The lowest BCUT2D eigenvalue weighted by Crippen LogP contribution is -2.36. The molecule has 0 atom stereocenters. The molecule has 1 aliphatic rings. The van der Waals surface area contributed by atoms with E-state index in [1.165, 1.54) is 18.2 Å². The van der Waals surface area contributed by atoms with Gasteiger partial charge in [0.2, 0.25) is 5.91 Å². The van der Waals surface area contributed by atoms with Crippen LogP contribution in [0.15, 0.2) is 71.8 Å². The first-order chi connectivity index (χ1) is 15.8. The Morgan fingerprint density at radius 2 is 1.79 bits per heavy atom. The molecule has 0 radical (unpaired) electrons. The van der Waals surface area contributed by atoms with Crippen LogP contribution in [0, 0.1) is 5.82 Å². The molecule has 33 heavy (non-hydrogen) atoms. The van der Waals surface area contributed by atoms with Crippen molar-refractivity contribution < 1.29 is 18.8 Å². The Morgan fingerprint density at radius 3 is 2.48 bits per heavy atom. The Balaban J connectivity index is 1.50. The van der Waals surface area contributed by atoms with Gasteiger partial charge in [-0.15, -0.1) is 0 Å². The van der Waals surface area contributed by atoms with Gasteiger partial charge in [-0.3, -0.25) is 19.3 Å². The quantitative estimate of drug-likeness (QED) is 0.549. The first-order valence-corrected chi connectivity index (χ1v) is 10.9. The molecule has 1 N–H and O–H groups in total. The summed E-state index contributed by atoms with van der Waals surface area (Å²) in [5, 5.41) is 1.83. The number of thioether (sulfide) groups is 1. The Labute approximate surface area is 194 Å². The zero-order chi connectivity index (χ0) is 23.5. The summed E-state index contributed by atoms with van der Waals surface area (Å²) in [7, 11) is 3.92. The molecule has 4 rings (SSSR count). The van der Waals surface area contributed by atoms with Crippen molar-refractivity contribution in [2.24, 2.45) is 0 Å². The third-order valence-electron chi connectivity index (χ3n) is 5.03. The zero-order valence-corrected chi connectivity index (χ0v) is 18.8. The Hall–Kier alpha value is -3.85. The van der Waals surface area contributed by atoms with Crippen LogP contribution in [0.25, 0.3) is 11.8 Å². The summed E-state index contributed by atoms with van der Waals surface area (Å²) in [6.07, 6.45) is 3.49. The second-order valence-corrected chi connectivity index (χ2v) is 8.50. The monoisotopic (exact) mass is 464 g/mol.